The zero-order valence-corrected chi connectivity index (χ0v) is 19.7. The van der Waals surface area contributed by atoms with Gasteiger partial charge in [-0.05, 0) is 37.3 Å². The number of ketones is 3. The summed E-state index contributed by atoms with van der Waals surface area (Å²) in [6, 6.07) is 12.2. The molecule has 0 amide bonds. The van der Waals surface area contributed by atoms with Crippen molar-refractivity contribution in [1.82, 2.24) is 0 Å². The predicted molar refractivity (Wildman–Crippen MR) is 124 cm³/mol. The molecule has 2 fully saturated rings. The second-order valence-corrected chi connectivity index (χ2v) is 11.4. The van der Waals surface area contributed by atoms with Crippen LogP contribution in [0.5, 0.6) is 0 Å². The second-order valence-electron chi connectivity index (χ2n) is 9.15. The first kappa shape index (κ1) is 23.3. The quantitative estimate of drug-likeness (QED) is 0.216. The Hall–Kier alpha value is -2.89. The highest BCUT2D eigenvalue weighted by atomic mass is 31.2. The molecule has 4 rings (SSSR count). The molecule has 3 unspecified atom stereocenters. The van der Waals surface area contributed by atoms with Gasteiger partial charge in [0.1, 0.15) is 5.41 Å². The zero-order valence-electron chi connectivity index (χ0n) is 18.8. The summed E-state index contributed by atoms with van der Waals surface area (Å²) in [5.74, 6) is -2.06. The Balaban J connectivity index is 1.76. The summed E-state index contributed by atoms with van der Waals surface area (Å²) in [5, 5.41) is 0.00429. The number of nitrogens with two attached hydrogens (primary N) is 1. The van der Waals surface area contributed by atoms with Crippen molar-refractivity contribution in [3.05, 3.63) is 59.7 Å². The summed E-state index contributed by atoms with van der Waals surface area (Å²) in [5.41, 5.74) is 3.62. The summed E-state index contributed by atoms with van der Waals surface area (Å²) >= 11 is 0. The first-order chi connectivity index (χ1) is 15.5. The van der Waals surface area contributed by atoms with E-state index in [9.17, 15) is 23.7 Å². The fraction of sp³-hybridized carbons (Fsp3) is 0.360. The van der Waals surface area contributed by atoms with Gasteiger partial charge >= 0.3 is 7.37 Å². The van der Waals surface area contributed by atoms with E-state index in [-0.39, 0.29) is 28.7 Å². The van der Waals surface area contributed by atoms with Crippen molar-refractivity contribution >= 4 is 41.2 Å². The fourth-order valence-corrected chi connectivity index (χ4v) is 7.47. The number of nitrogen functional groups attached to an aromatic ring is 1. The van der Waals surface area contributed by atoms with Crippen LogP contribution in [0.3, 0.4) is 0 Å². The van der Waals surface area contributed by atoms with Crippen LogP contribution in [0.2, 0.25) is 0 Å². The van der Waals surface area contributed by atoms with Gasteiger partial charge in [-0.3, -0.25) is 23.7 Å². The van der Waals surface area contributed by atoms with E-state index in [0.29, 0.717) is 12.8 Å². The Morgan fingerprint density at radius 2 is 1.76 bits per heavy atom. The second kappa shape index (κ2) is 7.86. The highest BCUT2D eigenvalue weighted by Crippen LogP contribution is 2.63. The third-order valence-corrected chi connectivity index (χ3v) is 9.76. The maximum atomic E-state index is 13.8. The van der Waals surface area contributed by atoms with E-state index in [0.717, 1.165) is 0 Å². The largest absolute Gasteiger partial charge is 0.398 e. The van der Waals surface area contributed by atoms with Crippen LogP contribution in [0.25, 0.3) is 0 Å². The van der Waals surface area contributed by atoms with E-state index in [4.69, 9.17) is 10.3 Å². The maximum absolute atomic E-state index is 13.8. The van der Waals surface area contributed by atoms with Gasteiger partial charge in [0.15, 0.2) is 5.78 Å². The average Bonchev–Trinajstić information content (AvgIpc) is 3.15. The third kappa shape index (κ3) is 3.10. The molecule has 2 saturated carbocycles. The van der Waals surface area contributed by atoms with E-state index >= 15 is 0 Å². The monoisotopic (exact) mass is 467 g/mol. The molecule has 7 nitrogen and oxygen atoms in total. The summed E-state index contributed by atoms with van der Waals surface area (Å²) in [7, 11) is -4.06. The van der Waals surface area contributed by atoms with Gasteiger partial charge in [-0.25, -0.2) is 0 Å². The third-order valence-electron chi connectivity index (χ3n) is 7.30. The standard InChI is InChI=1S/C25H26NO6P/c1-4-32-33(31,23(30)15-8-6-5-7-9-15)19-11-10-16(14-18(19)26)21(28)25-13-12-17(24(25,2)3)20(27)22(25)29/h5-11,14,17H,4,12-13,26H2,1-3H3. The van der Waals surface area contributed by atoms with Crippen LogP contribution in [0, 0.1) is 16.7 Å². The van der Waals surface area contributed by atoms with Gasteiger partial charge in [-0.2, -0.15) is 0 Å². The number of benzene rings is 2. The fourth-order valence-electron chi connectivity index (χ4n) is 5.46. The zero-order chi connectivity index (χ0) is 24.2. The maximum Gasteiger partial charge on any atom is 0.302 e. The van der Waals surface area contributed by atoms with Gasteiger partial charge in [0.2, 0.25) is 11.6 Å². The molecular weight excluding hydrogens is 441 g/mol. The van der Waals surface area contributed by atoms with Crippen molar-refractivity contribution in [3.63, 3.8) is 0 Å². The highest BCUT2D eigenvalue weighted by molar-refractivity contribution is 7.83. The Morgan fingerprint density at radius 3 is 2.30 bits per heavy atom. The predicted octanol–water partition coefficient (Wildman–Crippen LogP) is 3.81. The number of hydrogen-bond donors (Lipinski definition) is 1. The van der Waals surface area contributed by atoms with Crippen molar-refractivity contribution in [2.75, 3.05) is 12.3 Å². The van der Waals surface area contributed by atoms with Crippen LogP contribution < -0.4 is 11.0 Å². The molecule has 2 aliphatic rings. The molecule has 0 saturated heterocycles. The molecule has 0 heterocycles. The van der Waals surface area contributed by atoms with E-state index in [1.165, 1.54) is 18.2 Å². The minimum atomic E-state index is -4.06. The lowest BCUT2D eigenvalue weighted by Crippen LogP contribution is -2.44. The molecule has 0 spiro atoms. The van der Waals surface area contributed by atoms with Gasteiger partial charge < -0.3 is 10.3 Å². The Kier molecular flexibility index (Phi) is 5.54. The molecule has 2 aromatic rings. The molecule has 2 N–H and O–H groups in total. The lowest BCUT2D eigenvalue weighted by atomic mass is 9.65. The van der Waals surface area contributed by atoms with Crippen LogP contribution in [0.1, 0.15) is 54.3 Å². The van der Waals surface area contributed by atoms with Crippen LogP contribution >= 0.6 is 7.37 Å². The molecule has 0 radical (unpaired) electrons. The molecule has 0 aromatic heterocycles. The summed E-state index contributed by atoms with van der Waals surface area (Å²) in [6.45, 7) is 5.21. The molecule has 8 heteroatoms. The normalized spacial score (nSPS) is 25.1. The molecular formula is C25H26NO6P. The Labute approximate surface area is 192 Å². The molecule has 0 aliphatic heterocycles. The molecule has 2 bridgehead atoms. The Morgan fingerprint density at radius 1 is 1.09 bits per heavy atom. The topological polar surface area (TPSA) is 121 Å². The molecule has 3 atom stereocenters. The average molecular weight is 467 g/mol. The molecule has 33 heavy (non-hydrogen) atoms. The number of carbonyl (C=O) groups is 4. The van der Waals surface area contributed by atoms with E-state index < -0.39 is 47.0 Å². The van der Waals surface area contributed by atoms with Gasteiger partial charge in [-0.1, -0.05) is 50.2 Å². The minimum Gasteiger partial charge on any atom is -0.398 e. The highest BCUT2D eigenvalue weighted by Gasteiger charge is 2.72. The van der Waals surface area contributed by atoms with Crippen LogP contribution in [-0.2, 0) is 18.7 Å². The number of anilines is 1. The smallest absolute Gasteiger partial charge is 0.302 e. The van der Waals surface area contributed by atoms with Gasteiger partial charge in [0.25, 0.3) is 5.52 Å². The number of fused-ring (bicyclic) bond motifs is 2. The minimum absolute atomic E-state index is 0.00429. The summed E-state index contributed by atoms with van der Waals surface area (Å²) in [6.07, 6.45) is 0.793. The van der Waals surface area contributed by atoms with E-state index in [1.54, 1.807) is 51.1 Å². The van der Waals surface area contributed by atoms with Crippen LogP contribution in [-0.4, -0.2) is 29.5 Å². The molecule has 172 valence electrons. The van der Waals surface area contributed by atoms with Crippen molar-refractivity contribution in [2.45, 2.75) is 33.6 Å². The van der Waals surface area contributed by atoms with Gasteiger partial charge in [-0.15, -0.1) is 0 Å². The summed E-state index contributed by atoms with van der Waals surface area (Å²) < 4.78 is 19.2. The van der Waals surface area contributed by atoms with Gasteiger partial charge in [0.05, 0.1) is 11.9 Å². The number of hydrogen-bond acceptors (Lipinski definition) is 7. The lowest BCUT2D eigenvalue weighted by Gasteiger charge is -2.34. The number of carbonyl (C=O) groups excluding carboxylic acids is 4. The lowest BCUT2D eigenvalue weighted by molar-refractivity contribution is -0.140. The van der Waals surface area contributed by atoms with Crippen molar-refractivity contribution in [3.8, 4) is 0 Å². The first-order valence-electron chi connectivity index (χ1n) is 10.9. The van der Waals surface area contributed by atoms with Crippen molar-refractivity contribution in [1.29, 1.82) is 0 Å². The van der Waals surface area contributed by atoms with E-state index in [1.807, 2.05) is 0 Å². The van der Waals surface area contributed by atoms with Crippen molar-refractivity contribution in [2.24, 2.45) is 16.7 Å². The Bertz CT molecular complexity index is 1230. The van der Waals surface area contributed by atoms with Crippen molar-refractivity contribution < 1.29 is 28.3 Å². The molecule has 2 aromatic carbocycles. The first-order valence-corrected chi connectivity index (χ1v) is 12.5. The number of rotatable bonds is 7. The number of Topliss-reactive ketones (excluding diaryl/α,β-unsaturated/α-hetero) is 3. The molecule has 2 aliphatic carbocycles. The van der Waals surface area contributed by atoms with Crippen LogP contribution in [0.4, 0.5) is 5.69 Å². The van der Waals surface area contributed by atoms with Crippen LogP contribution in [0.15, 0.2) is 48.5 Å². The summed E-state index contributed by atoms with van der Waals surface area (Å²) in [4.78, 5) is 52.0. The van der Waals surface area contributed by atoms with E-state index in [2.05, 4.69) is 0 Å². The van der Waals surface area contributed by atoms with Gasteiger partial charge in [0, 0.05) is 22.7 Å². The SMILES string of the molecule is CCOP(=O)(C(=O)c1ccccc1)c1ccc(C(=O)C23CCC(C(=O)C2=O)C3(C)C)cc1N.